The molecule has 0 saturated heterocycles. The number of fused-ring (bicyclic) bond motifs is 1. The van der Waals surface area contributed by atoms with E-state index in [1.165, 1.54) is 29.7 Å². The summed E-state index contributed by atoms with van der Waals surface area (Å²) in [4.78, 5) is 6.99. The summed E-state index contributed by atoms with van der Waals surface area (Å²) in [5.74, 6) is 1.44. The maximum Gasteiger partial charge on any atom is 0.124 e. The van der Waals surface area contributed by atoms with Gasteiger partial charge in [0.25, 0.3) is 0 Å². The van der Waals surface area contributed by atoms with Crippen molar-refractivity contribution in [3.05, 3.63) is 35.5 Å². The normalized spacial score (nSPS) is 18.2. The Bertz CT molecular complexity index is 587. The molecule has 0 atom stereocenters. The average molecular weight is 284 g/mol. The molecule has 3 rings (SSSR count). The van der Waals surface area contributed by atoms with Gasteiger partial charge in [-0.3, -0.25) is 4.99 Å². The number of methoxy groups -OCH3 is 1. The van der Waals surface area contributed by atoms with Crippen LogP contribution in [0.4, 0.5) is 5.69 Å². The van der Waals surface area contributed by atoms with Crippen LogP contribution in [0.2, 0.25) is 0 Å². The zero-order valence-electron chi connectivity index (χ0n) is 13.2. The SMILES string of the molecule is COc1cc(N2C=C3CCCCC3=NC2)ccc1C(C)C. The summed E-state index contributed by atoms with van der Waals surface area (Å²) in [6.07, 6.45) is 7.17. The lowest BCUT2D eigenvalue weighted by atomic mass is 9.92. The van der Waals surface area contributed by atoms with E-state index < -0.39 is 0 Å². The summed E-state index contributed by atoms with van der Waals surface area (Å²) in [5.41, 5.74) is 5.16. The van der Waals surface area contributed by atoms with Gasteiger partial charge in [0.15, 0.2) is 0 Å². The van der Waals surface area contributed by atoms with E-state index in [4.69, 9.17) is 9.73 Å². The maximum absolute atomic E-state index is 5.56. The molecule has 0 aromatic heterocycles. The fourth-order valence-electron chi connectivity index (χ4n) is 3.13. The average Bonchev–Trinajstić information content (AvgIpc) is 2.53. The van der Waals surface area contributed by atoms with Crippen molar-refractivity contribution in [2.45, 2.75) is 45.4 Å². The van der Waals surface area contributed by atoms with Crippen molar-refractivity contribution >= 4 is 11.4 Å². The fraction of sp³-hybridized carbons (Fsp3) is 0.500. The van der Waals surface area contributed by atoms with Gasteiger partial charge in [0.2, 0.25) is 0 Å². The number of ether oxygens (including phenoxy) is 1. The molecule has 0 amide bonds. The quantitative estimate of drug-likeness (QED) is 0.816. The second kappa shape index (κ2) is 5.92. The Labute approximate surface area is 127 Å². The molecular weight excluding hydrogens is 260 g/mol. The fourth-order valence-corrected chi connectivity index (χ4v) is 3.13. The van der Waals surface area contributed by atoms with Gasteiger partial charge >= 0.3 is 0 Å². The Kier molecular flexibility index (Phi) is 4.00. The standard InChI is InChI=1S/C18H24N2O/c1-13(2)16-9-8-15(10-18(16)21-3)20-11-14-6-4-5-7-17(14)19-12-20/h8-11,13H,4-7,12H2,1-3H3. The van der Waals surface area contributed by atoms with Gasteiger partial charge in [-0.2, -0.15) is 0 Å². The van der Waals surface area contributed by atoms with Gasteiger partial charge in [0.1, 0.15) is 12.4 Å². The van der Waals surface area contributed by atoms with Gasteiger partial charge in [0, 0.05) is 23.7 Å². The van der Waals surface area contributed by atoms with Gasteiger partial charge in [-0.15, -0.1) is 0 Å². The molecular formula is C18H24N2O. The van der Waals surface area contributed by atoms with Crippen LogP contribution < -0.4 is 9.64 Å². The first kappa shape index (κ1) is 14.2. The molecule has 0 radical (unpaired) electrons. The van der Waals surface area contributed by atoms with E-state index in [-0.39, 0.29) is 0 Å². The minimum absolute atomic E-state index is 0.469. The summed E-state index contributed by atoms with van der Waals surface area (Å²) in [7, 11) is 1.75. The Hall–Kier alpha value is -1.77. The van der Waals surface area contributed by atoms with Gasteiger partial charge in [0.05, 0.1) is 7.11 Å². The molecule has 1 saturated carbocycles. The molecule has 1 heterocycles. The first-order chi connectivity index (χ1) is 10.2. The summed E-state index contributed by atoms with van der Waals surface area (Å²) >= 11 is 0. The molecule has 21 heavy (non-hydrogen) atoms. The van der Waals surface area contributed by atoms with Crippen molar-refractivity contribution < 1.29 is 4.74 Å². The summed E-state index contributed by atoms with van der Waals surface area (Å²) < 4.78 is 5.56. The van der Waals surface area contributed by atoms with Crippen LogP contribution in [-0.2, 0) is 0 Å². The van der Waals surface area contributed by atoms with Crippen LogP contribution in [0.5, 0.6) is 5.75 Å². The molecule has 1 aliphatic carbocycles. The zero-order chi connectivity index (χ0) is 14.8. The van der Waals surface area contributed by atoms with Gasteiger partial charge in [-0.05, 0) is 48.8 Å². The van der Waals surface area contributed by atoms with Crippen molar-refractivity contribution in [3.63, 3.8) is 0 Å². The summed E-state index contributed by atoms with van der Waals surface area (Å²) in [6.45, 7) is 5.11. The second-order valence-corrected chi connectivity index (χ2v) is 6.16. The molecule has 0 spiro atoms. The summed E-state index contributed by atoms with van der Waals surface area (Å²) in [6, 6.07) is 6.49. The topological polar surface area (TPSA) is 24.8 Å². The van der Waals surface area contributed by atoms with Crippen LogP contribution in [-0.4, -0.2) is 19.5 Å². The van der Waals surface area contributed by atoms with E-state index in [0.29, 0.717) is 5.92 Å². The zero-order valence-corrected chi connectivity index (χ0v) is 13.2. The highest BCUT2D eigenvalue weighted by Crippen LogP contribution is 2.33. The lowest BCUT2D eigenvalue weighted by molar-refractivity contribution is 0.407. The highest BCUT2D eigenvalue weighted by molar-refractivity contribution is 6.01. The second-order valence-electron chi connectivity index (χ2n) is 6.16. The van der Waals surface area contributed by atoms with Crippen molar-refractivity contribution in [2.24, 2.45) is 4.99 Å². The number of hydrogen-bond acceptors (Lipinski definition) is 3. The number of hydrogen-bond donors (Lipinski definition) is 0. The summed E-state index contributed by atoms with van der Waals surface area (Å²) in [5, 5.41) is 0. The Morgan fingerprint density at radius 1 is 1.19 bits per heavy atom. The predicted octanol–water partition coefficient (Wildman–Crippen LogP) is 4.50. The third kappa shape index (κ3) is 2.82. The third-order valence-corrected chi connectivity index (χ3v) is 4.38. The number of rotatable bonds is 3. The minimum Gasteiger partial charge on any atom is -0.496 e. The van der Waals surface area contributed by atoms with Gasteiger partial charge in [-0.1, -0.05) is 19.9 Å². The maximum atomic E-state index is 5.56. The van der Waals surface area contributed by atoms with E-state index in [9.17, 15) is 0 Å². The molecule has 112 valence electrons. The van der Waals surface area contributed by atoms with E-state index in [2.05, 4.69) is 43.1 Å². The molecule has 0 unspecified atom stereocenters. The lowest BCUT2D eigenvalue weighted by Crippen LogP contribution is -2.26. The van der Waals surface area contributed by atoms with Gasteiger partial charge in [-0.25, -0.2) is 0 Å². The molecule has 1 aromatic rings. The molecule has 0 bridgehead atoms. The van der Waals surface area contributed by atoms with Crippen LogP contribution in [0.15, 0.2) is 35.0 Å². The number of nitrogens with zero attached hydrogens (tertiary/aromatic N) is 2. The van der Waals surface area contributed by atoms with Gasteiger partial charge < -0.3 is 9.64 Å². The molecule has 1 aliphatic heterocycles. The Morgan fingerprint density at radius 3 is 2.76 bits per heavy atom. The van der Waals surface area contributed by atoms with Crippen LogP contribution in [0.3, 0.4) is 0 Å². The Balaban J connectivity index is 1.88. The molecule has 3 heteroatoms. The molecule has 1 aromatic carbocycles. The number of benzene rings is 1. The molecule has 0 N–H and O–H groups in total. The number of allylic oxidation sites excluding steroid dienone is 1. The first-order valence-corrected chi connectivity index (χ1v) is 7.88. The lowest BCUT2D eigenvalue weighted by Gasteiger charge is -2.29. The Morgan fingerprint density at radius 2 is 2.00 bits per heavy atom. The van der Waals surface area contributed by atoms with Crippen LogP contribution in [0.1, 0.15) is 51.0 Å². The van der Waals surface area contributed by atoms with E-state index in [1.54, 1.807) is 7.11 Å². The van der Waals surface area contributed by atoms with Crippen molar-refractivity contribution in [2.75, 3.05) is 18.7 Å². The number of aliphatic imine (C=N–C) groups is 1. The smallest absolute Gasteiger partial charge is 0.124 e. The molecule has 3 nitrogen and oxygen atoms in total. The number of anilines is 1. The molecule has 2 aliphatic rings. The predicted molar refractivity (Wildman–Crippen MR) is 88.4 cm³/mol. The third-order valence-electron chi connectivity index (χ3n) is 4.38. The van der Waals surface area contributed by atoms with Crippen LogP contribution in [0, 0.1) is 0 Å². The molecule has 1 fully saturated rings. The van der Waals surface area contributed by atoms with Crippen molar-refractivity contribution in [1.82, 2.24) is 0 Å². The highest BCUT2D eigenvalue weighted by Gasteiger charge is 2.19. The van der Waals surface area contributed by atoms with Crippen LogP contribution >= 0.6 is 0 Å². The minimum atomic E-state index is 0.469. The highest BCUT2D eigenvalue weighted by atomic mass is 16.5. The monoisotopic (exact) mass is 284 g/mol. The van der Waals surface area contributed by atoms with E-state index in [0.717, 1.165) is 30.9 Å². The van der Waals surface area contributed by atoms with Crippen molar-refractivity contribution in [1.29, 1.82) is 0 Å². The first-order valence-electron chi connectivity index (χ1n) is 7.88. The van der Waals surface area contributed by atoms with Crippen LogP contribution in [0.25, 0.3) is 0 Å². The largest absolute Gasteiger partial charge is 0.496 e. The van der Waals surface area contributed by atoms with E-state index in [1.807, 2.05) is 0 Å². The van der Waals surface area contributed by atoms with E-state index >= 15 is 0 Å². The van der Waals surface area contributed by atoms with Crippen molar-refractivity contribution in [3.8, 4) is 5.75 Å².